The molecule has 2 aliphatic heterocycles. The van der Waals surface area contributed by atoms with E-state index < -0.39 is 0 Å². The topological polar surface area (TPSA) is 21.7 Å². The van der Waals surface area contributed by atoms with Gasteiger partial charge in [0.15, 0.2) is 0 Å². The fraction of sp³-hybridized carbons (Fsp3) is 0.467. The van der Waals surface area contributed by atoms with E-state index >= 15 is 0 Å². The summed E-state index contributed by atoms with van der Waals surface area (Å²) >= 11 is 0. The maximum absolute atomic E-state index is 5.81. The molecule has 0 radical (unpaired) electrons. The molecular formula is C15H19NO2. The standard InChI is InChI=1S/C15H19NO2/c1-12-6-5-9-16(12)14-10-17-15(18-11-14)13-7-3-2-4-8-13/h2-4,7-8,10,12,15H,5-6,9,11H2,1H3/t12-,15?/m1/s1. The Morgan fingerprint density at radius 2 is 2.06 bits per heavy atom. The van der Waals surface area contributed by atoms with Gasteiger partial charge in [-0.3, -0.25) is 0 Å². The minimum atomic E-state index is -0.257. The molecule has 3 nitrogen and oxygen atoms in total. The van der Waals surface area contributed by atoms with E-state index in [1.54, 1.807) is 0 Å². The van der Waals surface area contributed by atoms with Crippen molar-refractivity contribution in [1.82, 2.24) is 4.90 Å². The predicted octanol–water partition coefficient (Wildman–Crippen LogP) is 3.06. The molecule has 2 aliphatic rings. The summed E-state index contributed by atoms with van der Waals surface area (Å²) in [6.07, 6.45) is 4.15. The van der Waals surface area contributed by atoms with Gasteiger partial charge in [0.1, 0.15) is 6.26 Å². The summed E-state index contributed by atoms with van der Waals surface area (Å²) in [6, 6.07) is 10.7. The van der Waals surface area contributed by atoms with Gasteiger partial charge in [-0.25, -0.2) is 0 Å². The molecule has 0 N–H and O–H groups in total. The zero-order chi connectivity index (χ0) is 12.4. The van der Waals surface area contributed by atoms with Crippen molar-refractivity contribution in [2.24, 2.45) is 0 Å². The van der Waals surface area contributed by atoms with Crippen molar-refractivity contribution >= 4 is 0 Å². The Morgan fingerprint density at radius 1 is 1.22 bits per heavy atom. The van der Waals surface area contributed by atoms with Crippen LogP contribution in [0.4, 0.5) is 0 Å². The number of hydrogen-bond donors (Lipinski definition) is 0. The average molecular weight is 245 g/mol. The van der Waals surface area contributed by atoms with Gasteiger partial charge in [-0.1, -0.05) is 30.3 Å². The van der Waals surface area contributed by atoms with Crippen molar-refractivity contribution in [3.05, 3.63) is 47.9 Å². The van der Waals surface area contributed by atoms with E-state index in [4.69, 9.17) is 9.47 Å². The zero-order valence-electron chi connectivity index (χ0n) is 10.7. The minimum Gasteiger partial charge on any atom is -0.466 e. The Hall–Kier alpha value is -1.48. The molecule has 0 amide bonds. The van der Waals surface area contributed by atoms with Crippen LogP contribution in [0.15, 0.2) is 42.3 Å². The number of hydrogen-bond acceptors (Lipinski definition) is 3. The summed E-state index contributed by atoms with van der Waals surface area (Å²) in [4.78, 5) is 2.39. The monoisotopic (exact) mass is 245 g/mol. The van der Waals surface area contributed by atoms with Crippen molar-refractivity contribution in [3.63, 3.8) is 0 Å². The normalized spacial score (nSPS) is 27.8. The lowest BCUT2D eigenvalue weighted by Crippen LogP contribution is -2.31. The molecule has 0 spiro atoms. The number of benzene rings is 1. The second-order valence-corrected chi connectivity index (χ2v) is 4.98. The zero-order valence-corrected chi connectivity index (χ0v) is 10.7. The summed E-state index contributed by atoms with van der Waals surface area (Å²) in [6.45, 7) is 4.02. The quantitative estimate of drug-likeness (QED) is 0.799. The highest BCUT2D eigenvalue weighted by Gasteiger charge is 2.26. The van der Waals surface area contributed by atoms with Gasteiger partial charge in [-0.05, 0) is 19.8 Å². The molecule has 3 rings (SSSR count). The van der Waals surface area contributed by atoms with Gasteiger partial charge in [-0.2, -0.15) is 0 Å². The largest absolute Gasteiger partial charge is 0.466 e. The highest BCUT2D eigenvalue weighted by molar-refractivity contribution is 5.17. The SMILES string of the molecule is C[C@@H]1CCCN1C1=COC(c2ccccc2)OC1. The third kappa shape index (κ3) is 2.23. The molecule has 2 atom stereocenters. The predicted molar refractivity (Wildman–Crippen MR) is 69.7 cm³/mol. The van der Waals surface area contributed by atoms with Crippen LogP contribution < -0.4 is 0 Å². The molecule has 1 fully saturated rings. The van der Waals surface area contributed by atoms with E-state index in [2.05, 4.69) is 11.8 Å². The molecule has 0 aliphatic carbocycles. The summed E-state index contributed by atoms with van der Waals surface area (Å²) in [5.74, 6) is 0. The third-order valence-electron chi connectivity index (χ3n) is 3.70. The molecule has 18 heavy (non-hydrogen) atoms. The molecule has 3 heteroatoms. The lowest BCUT2D eigenvalue weighted by atomic mass is 10.2. The first kappa shape index (κ1) is 11.6. The number of ether oxygens (including phenoxy) is 2. The minimum absolute atomic E-state index is 0.257. The summed E-state index contributed by atoms with van der Waals surface area (Å²) in [7, 11) is 0. The molecule has 1 saturated heterocycles. The molecule has 1 aromatic rings. The van der Waals surface area contributed by atoms with Gasteiger partial charge in [0.2, 0.25) is 6.29 Å². The van der Waals surface area contributed by atoms with Crippen LogP contribution in [0.5, 0.6) is 0 Å². The van der Waals surface area contributed by atoms with E-state index in [0.717, 1.165) is 12.1 Å². The van der Waals surface area contributed by atoms with Crippen LogP contribution in [0.1, 0.15) is 31.6 Å². The van der Waals surface area contributed by atoms with Gasteiger partial charge >= 0.3 is 0 Å². The highest BCUT2D eigenvalue weighted by atomic mass is 16.7. The Morgan fingerprint density at radius 3 is 2.67 bits per heavy atom. The Labute approximate surface area is 108 Å². The van der Waals surface area contributed by atoms with Crippen molar-refractivity contribution in [1.29, 1.82) is 0 Å². The Kier molecular flexibility index (Phi) is 3.24. The molecule has 2 heterocycles. The van der Waals surface area contributed by atoms with E-state index in [1.165, 1.54) is 18.5 Å². The van der Waals surface area contributed by atoms with Crippen LogP contribution in [0, 0.1) is 0 Å². The van der Waals surface area contributed by atoms with Gasteiger partial charge in [-0.15, -0.1) is 0 Å². The van der Waals surface area contributed by atoms with E-state index in [0.29, 0.717) is 12.6 Å². The second kappa shape index (κ2) is 5.02. The van der Waals surface area contributed by atoms with Crippen LogP contribution in [-0.2, 0) is 9.47 Å². The van der Waals surface area contributed by atoms with Crippen LogP contribution in [0.2, 0.25) is 0 Å². The van der Waals surface area contributed by atoms with E-state index in [-0.39, 0.29) is 6.29 Å². The smallest absolute Gasteiger partial charge is 0.226 e. The number of rotatable bonds is 2. The van der Waals surface area contributed by atoms with Gasteiger partial charge in [0.05, 0.1) is 12.3 Å². The maximum atomic E-state index is 5.81. The Balaban J connectivity index is 1.68. The molecule has 1 aromatic carbocycles. The fourth-order valence-corrected chi connectivity index (χ4v) is 2.67. The van der Waals surface area contributed by atoms with Crippen LogP contribution in [0.25, 0.3) is 0 Å². The number of likely N-dealkylation sites (tertiary alicyclic amines) is 1. The highest BCUT2D eigenvalue weighted by Crippen LogP contribution is 2.29. The average Bonchev–Trinajstić information content (AvgIpc) is 2.86. The van der Waals surface area contributed by atoms with Gasteiger partial charge in [0, 0.05) is 18.2 Å². The summed E-state index contributed by atoms with van der Waals surface area (Å²) in [5.41, 5.74) is 2.24. The van der Waals surface area contributed by atoms with Gasteiger partial charge in [0.25, 0.3) is 0 Å². The second-order valence-electron chi connectivity index (χ2n) is 4.98. The van der Waals surface area contributed by atoms with Crippen molar-refractivity contribution < 1.29 is 9.47 Å². The molecule has 0 bridgehead atoms. The van der Waals surface area contributed by atoms with Crippen LogP contribution in [0.3, 0.4) is 0 Å². The van der Waals surface area contributed by atoms with Crippen molar-refractivity contribution in [2.75, 3.05) is 13.2 Å². The molecule has 0 saturated carbocycles. The van der Waals surface area contributed by atoms with Gasteiger partial charge < -0.3 is 14.4 Å². The van der Waals surface area contributed by atoms with Crippen LogP contribution >= 0.6 is 0 Å². The molecule has 0 aromatic heterocycles. The first-order valence-electron chi connectivity index (χ1n) is 6.62. The third-order valence-corrected chi connectivity index (χ3v) is 3.70. The van der Waals surface area contributed by atoms with Crippen molar-refractivity contribution in [3.8, 4) is 0 Å². The summed E-state index contributed by atoms with van der Waals surface area (Å²) in [5, 5.41) is 0. The van der Waals surface area contributed by atoms with E-state index in [1.807, 2.05) is 36.6 Å². The molecular weight excluding hydrogens is 226 g/mol. The van der Waals surface area contributed by atoms with E-state index in [9.17, 15) is 0 Å². The van der Waals surface area contributed by atoms with Crippen molar-refractivity contribution in [2.45, 2.75) is 32.1 Å². The lowest BCUT2D eigenvalue weighted by molar-refractivity contribution is -0.126. The molecule has 96 valence electrons. The maximum Gasteiger partial charge on any atom is 0.226 e. The first-order valence-corrected chi connectivity index (χ1v) is 6.62. The lowest BCUT2D eigenvalue weighted by Gasteiger charge is -2.31. The summed E-state index contributed by atoms with van der Waals surface area (Å²) < 4.78 is 11.5. The first-order chi connectivity index (χ1) is 8.84. The molecule has 1 unspecified atom stereocenters. The Bertz CT molecular complexity index is 429. The fourth-order valence-electron chi connectivity index (χ4n) is 2.67. The van der Waals surface area contributed by atoms with Crippen LogP contribution in [-0.4, -0.2) is 24.1 Å². The number of nitrogens with zero attached hydrogens (tertiary/aromatic N) is 1.